The van der Waals surface area contributed by atoms with Gasteiger partial charge in [-0.05, 0) is 24.7 Å². The number of hydrogen-bond acceptors (Lipinski definition) is 8. The molecular weight excluding hydrogens is 510 g/mol. The number of anilines is 1. The number of halogens is 3. The van der Waals surface area contributed by atoms with Crippen LogP contribution in [0.5, 0.6) is 0 Å². The van der Waals surface area contributed by atoms with Gasteiger partial charge < -0.3 is 21.3 Å². The second-order valence-electron chi connectivity index (χ2n) is 10.4. The smallest absolute Gasteiger partial charge is 0.305 e. The van der Waals surface area contributed by atoms with E-state index in [9.17, 15) is 18.4 Å². The number of carbonyl (C=O) groups is 2. The van der Waals surface area contributed by atoms with Gasteiger partial charge in [-0.15, -0.1) is 0 Å². The second kappa shape index (κ2) is 14.7. The Morgan fingerprint density at radius 2 is 1.38 bits per heavy atom. The molecule has 2 heterocycles. The third-order valence-corrected chi connectivity index (χ3v) is 5.19. The Morgan fingerprint density at radius 1 is 0.919 bits per heavy atom. The number of carboxylic acids is 2. The van der Waals surface area contributed by atoms with Crippen LogP contribution >= 0.6 is 11.6 Å². The molecule has 5 N–H and O–H groups in total. The average molecular weight is 547 g/mol. The van der Waals surface area contributed by atoms with Crippen LogP contribution in [0.1, 0.15) is 66.0 Å². The molecule has 0 unspecified atom stereocenters. The molecule has 0 aliphatic heterocycles. The van der Waals surface area contributed by atoms with Crippen LogP contribution in [-0.4, -0.2) is 54.2 Å². The lowest BCUT2D eigenvalue weighted by Gasteiger charge is -2.30. The van der Waals surface area contributed by atoms with Crippen LogP contribution in [0.4, 0.5) is 14.6 Å². The molecule has 0 saturated heterocycles. The molecule has 2 aromatic rings. The fraction of sp³-hybridized carbons (Fsp3) is 0.583. The summed E-state index contributed by atoms with van der Waals surface area (Å²) in [4.78, 5) is 35.8. The van der Waals surface area contributed by atoms with Crippen LogP contribution in [0.3, 0.4) is 0 Å². The first-order valence-electron chi connectivity index (χ1n) is 11.3. The summed E-state index contributed by atoms with van der Waals surface area (Å²) in [6, 6.07) is -0.677. The largest absolute Gasteiger partial charge is 0.481 e. The van der Waals surface area contributed by atoms with Crippen molar-refractivity contribution in [3.8, 4) is 0 Å². The van der Waals surface area contributed by atoms with Crippen LogP contribution in [0.15, 0.2) is 12.4 Å². The highest BCUT2D eigenvalue weighted by atomic mass is 35.5. The highest BCUT2D eigenvalue weighted by molar-refractivity contribution is 6.29. The van der Waals surface area contributed by atoms with Crippen molar-refractivity contribution in [3.05, 3.63) is 40.8 Å². The van der Waals surface area contributed by atoms with Crippen molar-refractivity contribution in [2.24, 2.45) is 16.6 Å². The molecule has 2 rings (SSSR count). The van der Waals surface area contributed by atoms with Crippen LogP contribution < -0.4 is 11.1 Å². The van der Waals surface area contributed by atoms with Crippen molar-refractivity contribution in [1.82, 2.24) is 19.9 Å². The van der Waals surface area contributed by atoms with Gasteiger partial charge in [-0.1, -0.05) is 53.1 Å². The molecule has 2 aromatic heterocycles. The Morgan fingerprint density at radius 3 is 1.73 bits per heavy atom. The maximum atomic E-state index is 13.5. The Kier molecular flexibility index (Phi) is 13.5. The molecule has 208 valence electrons. The minimum Gasteiger partial charge on any atom is -0.481 e. The van der Waals surface area contributed by atoms with Crippen molar-refractivity contribution in [3.63, 3.8) is 0 Å². The molecule has 10 nitrogen and oxygen atoms in total. The SMILES string of the molecule is CC(C)(C)[C@H](N)CC(=O)O.Cc1ncc(F)c(Cl)n1.Cc1ncc(F)c(N[C@H](CC(=O)O)C(C)(C)C)n1. The molecule has 13 heteroatoms. The quantitative estimate of drug-likeness (QED) is 0.375. The summed E-state index contributed by atoms with van der Waals surface area (Å²) in [5.74, 6) is -1.98. The monoisotopic (exact) mass is 546 g/mol. The van der Waals surface area contributed by atoms with E-state index in [1.807, 2.05) is 41.5 Å². The number of aromatic nitrogens is 4. The van der Waals surface area contributed by atoms with E-state index in [1.165, 1.54) is 0 Å². The zero-order valence-corrected chi connectivity index (χ0v) is 23.2. The van der Waals surface area contributed by atoms with Gasteiger partial charge in [-0.3, -0.25) is 9.59 Å². The average Bonchev–Trinajstić information content (AvgIpc) is 2.72. The van der Waals surface area contributed by atoms with E-state index in [2.05, 4.69) is 25.3 Å². The summed E-state index contributed by atoms with van der Waals surface area (Å²) in [7, 11) is 0. The highest BCUT2D eigenvalue weighted by Crippen LogP contribution is 2.26. The molecule has 0 aromatic carbocycles. The van der Waals surface area contributed by atoms with Gasteiger partial charge in [-0.2, -0.15) is 0 Å². The molecule has 0 amide bonds. The van der Waals surface area contributed by atoms with Gasteiger partial charge in [0.2, 0.25) is 0 Å². The van der Waals surface area contributed by atoms with E-state index >= 15 is 0 Å². The van der Waals surface area contributed by atoms with Gasteiger partial charge in [0.05, 0.1) is 25.2 Å². The first-order chi connectivity index (χ1) is 16.7. The summed E-state index contributed by atoms with van der Waals surface area (Å²) in [6.45, 7) is 14.7. The van der Waals surface area contributed by atoms with Crippen LogP contribution in [0.2, 0.25) is 5.15 Å². The minimum atomic E-state index is -0.936. The van der Waals surface area contributed by atoms with E-state index in [4.69, 9.17) is 27.5 Å². The molecule has 0 aliphatic rings. The van der Waals surface area contributed by atoms with E-state index in [-0.39, 0.29) is 40.7 Å². The van der Waals surface area contributed by atoms with Gasteiger partial charge in [-0.25, -0.2) is 28.7 Å². The molecule has 37 heavy (non-hydrogen) atoms. The molecule has 0 spiro atoms. The standard InChI is InChI=1S/C12H18FN3O2.C7H15NO2.C5H4ClFN2/c1-7-14-6-8(13)11(15-7)16-9(5-10(17)18)12(2,3)4;1-7(2,3)5(8)4-6(9)10;1-3-8-2-4(7)5(6)9-3/h6,9H,5H2,1-4H3,(H,17,18)(H,14,15,16);5H,4,8H2,1-3H3,(H,9,10);2H,1H3/t9-;5-;/m11./s1. The Labute approximate surface area is 221 Å². The molecule has 0 saturated carbocycles. The second-order valence-corrected chi connectivity index (χ2v) is 10.8. The fourth-order valence-corrected chi connectivity index (χ4v) is 2.56. The van der Waals surface area contributed by atoms with Crippen molar-refractivity contribution in [2.45, 2.75) is 80.3 Å². The minimum absolute atomic E-state index is 0.0451. The predicted molar refractivity (Wildman–Crippen MR) is 137 cm³/mol. The third-order valence-electron chi connectivity index (χ3n) is 4.93. The number of nitrogens with two attached hydrogens (primary N) is 1. The first-order valence-corrected chi connectivity index (χ1v) is 11.7. The first kappa shape index (κ1) is 34.0. The number of nitrogens with zero attached hydrogens (tertiary/aromatic N) is 4. The van der Waals surface area contributed by atoms with Gasteiger partial charge in [0.1, 0.15) is 11.6 Å². The van der Waals surface area contributed by atoms with Gasteiger partial charge in [0.25, 0.3) is 0 Å². The normalized spacial score (nSPS) is 12.8. The highest BCUT2D eigenvalue weighted by Gasteiger charge is 2.28. The molecule has 0 aliphatic carbocycles. The van der Waals surface area contributed by atoms with E-state index < -0.39 is 29.6 Å². The number of rotatable bonds is 6. The number of aliphatic carboxylic acids is 2. The summed E-state index contributed by atoms with van der Waals surface area (Å²) < 4.78 is 25.8. The lowest BCUT2D eigenvalue weighted by Crippen LogP contribution is -2.36. The van der Waals surface area contributed by atoms with E-state index in [1.54, 1.807) is 13.8 Å². The maximum absolute atomic E-state index is 13.5. The fourth-order valence-electron chi connectivity index (χ4n) is 2.39. The molecule has 0 fully saturated rings. The number of aryl methyl sites for hydroxylation is 2. The van der Waals surface area contributed by atoms with Crippen molar-refractivity contribution in [1.29, 1.82) is 0 Å². The van der Waals surface area contributed by atoms with Crippen LogP contribution in [-0.2, 0) is 9.59 Å². The van der Waals surface area contributed by atoms with Crippen molar-refractivity contribution in [2.75, 3.05) is 5.32 Å². The van der Waals surface area contributed by atoms with Gasteiger partial charge in [0.15, 0.2) is 22.6 Å². The van der Waals surface area contributed by atoms with E-state index in [0.717, 1.165) is 12.4 Å². The van der Waals surface area contributed by atoms with Crippen molar-refractivity contribution < 1.29 is 28.6 Å². The number of carboxylic acid groups (broad SMARTS) is 2. The third kappa shape index (κ3) is 14.4. The summed E-state index contributed by atoms with van der Waals surface area (Å²) in [6.07, 6.45) is 2.06. The lowest BCUT2D eigenvalue weighted by molar-refractivity contribution is -0.138. The van der Waals surface area contributed by atoms with Gasteiger partial charge in [0, 0.05) is 12.1 Å². The van der Waals surface area contributed by atoms with Crippen LogP contribution in [0, 0.1) is 36.3 Å². The maximum Gasteiger partial charge on any atom is 0.305 e. The summed E-state index contributed by atoms with van der Waals surface area (Å²) >= 11 is 5.29. The van der Waals surface area contributed by atoms with Gasteiger partial charge >= 0.3 is 11.9 Å². The Hall–Kier alpha value is -2.99. The lowest BCUT2D eigenvalue weighted by atomic mass is 9.85. The molecular formula is C24H37ClF2N6O4. The molecule has 0 bridgehead atoms. The molecule has 2 atom stereocenters. The van der Waals surface area contributed by atoms with Crippen molar-refractivity contribution >= 4 is 29.4 Å². The number of hydrogen-bond donors (Lipinski definition) is 4. The molecule has 0 radical (unpaired) electrons. The zero-order valence-electron chi connectivity index (χ0n) is 22.4. The van der Waals surface area contributed by atoms with E-state index in [0.29, 0.717) is 11.6 Å². The number of nitrogens with one attached hydrogen (secondary N) is 1. The van der Waals surface area contributed by atoms with Crippen LogP contribution in [0.25, 0.3) is 0 Å². The Balaban J connectivity index is 0.000000577. The summed E-state index contributed by atoms with van der Waals surface area (Å²) in [5, 5.41) is 20.0. The topological polar surface area (TPSA) is 164 Å². The zero-order chi connectivity index (χ0) is 29.1. The predicted octanol–water partition coefficient (Wildman–Crippen LogP) is 4.64. The Bertz CT molecular complexity index is 1040. The summed E-state index contributed by atoms with van der Waals surface area (Å²) in [5.41, 5.74) is 5.13.